The number of carbonyl (C=O) groups is 2. The van der Waals surface area contributed by atoms with Crippen LogP contribution in [0.5, 0.6) is 0 Å². The second-order valence-corrected chi connectivity index (χ2v) is 10.9. The monoisotopic (exact) mass is 535 g/mol. The molecular weight excluding hydrogens is 502 g/mol. The first kappa shape index (κ1) is 25.4. The third-order valence-corrected chi connectivity index (χ3v) is 8.58. The summed E-state index contributed by atoms with van der Waals surface area (Å²) in [5.41, 5.74) is 4.02. The number of nitrogens with one attached hydrogen (secondary N) is 1. The van der Waals surface area contributed by atoms with Crippen LogP contribution in [0.4, 0.5) is 0 Å². The first-order valence-electron chi connectivity index (χ1n) is 14.2. The van der Waals surface area contributed by atoms with E-state index in [0.29, 0.717) is 6.42 Å². The highest BCUT2D eigenvalue weighted by Gasteiger charge is 2.35. The van der Waals surface area contributed by atoms with E-state index in [9.17, 15) is 9.59 Å². The molecule has 0 saturated carbocycles. The predicted octanol–water partition coefficient (Wildman–Crippen LogP) is 4.71. The number of carbonyl (C=O) groups excluding carboxylic acids is 2. The molecule has 4 aliphatic rings. The standard InChI is InChI=1S/C17H17NO2.C16H16N2O2/c19-17-11-16(18-5-7-20-8-6-18)14-9-12-3-1-2-4-13(12)10-15(14)17;19-16-14-10-12-4-2-1-3-11(12)9-13(14)15(17-16)18-5-7-20-8-6-18/h1-4,9-10,16H,5-8,11H2;1-4,9-10,15H,5-8H2,(H,17,19). The van der Waals surface area contributed by atoms with Crippen molar-refractivity contribution in [1.29, 1.82) is 0 Å². The zero-order valence-electron chi connectivity index (χ0n) is 22.5. The summed E-state index contributed by atoms with van der Waals surface area (Å²) in [4.78, 5) is 29.2. The van der Waals surface area contributed by atoms with Crippen LogP contribution < -0.4 is 5.32 Å². The van der Waals surface area contributed by atoms with E-state index in [1.54, 1.807) is 0 Å². The molecule has 0 spiro atoms. The van der Waals surface area contributed by atoms with E-state index in [-0.39, 0.29) is 23.9 Å². The van der Waals surface area contributed by atoms with Crippen molar-refractivity contribution in [2.75, 3.05) is 52.6 Å². The van der Waals surface area contributed by atoms with Crippen LogP contribution in [0.2, 0.25) is 0 Å². The Hall–Kier alpha value is -3.62. The van der Waals surface area contributed by atoms with Gasteiger partial charge in [0.15, 0.2) is 5.78 Å². The summed E-state index contributed by atoms with van der Waals surface area (Å²) in [5, 5.41) is 7.77. The third-order valence-electron chi connectivity index (χ3n) is 8.58. The van der Waals surface area contributed by atoms with Gasteiger partial charge in [-0.05, 0) is 51.4 Å². The highest BCUT2D eigenvalue weighted by atomic mass is 16.5. The molecule has 8 rings (SSSR count). The molecule has 2 fully saturated rings. The maximum atomic E-state index is 12.3. The van der Waals surface area contributed by atoms with Crippen molar-refractivity contribution < 1.29 is 19.1 Å². The fourth-order valence-electron chi connectivity index (χ4n) is 6.47. The number of hydrogen-bond donors (Lipinski definition) is 1. The Balaban J connectivity index is 0.000000132. The van der Waals surface area contributed by atoms with Crippen molar-refractivity contribution in [3.63, 3.8) is 0 Å². The van der Waals surface area contributed by atoms with Crippen LogP contribution in [0.25, 0.3) is 21.5 Å². The Morgan fingerprint density at radius 1 is 0.625 bits per heavy atom. The summed E-state index contributed by atoms with van der Waals surface area (Å²) < 4.78 is 10.8. The van der Waals surface area contributed by atoms with Gasteiger partial charge in [-0.2, -0.15) is 0 Å². The number of benzene rings is 4. The van der Waals surface area contributed by atoms with E-state index < -0.39 is 0 Å². The minimum atomic E-state index is -0.00833. The Labute approximate surface area is 233 Å². The van der Waals surface area contributed by atoms with Gasteiger partial charge in [0.2, 0.25) is 0 Å². The number of amides is 1. The van der Waals surface area contributed by atoms with Gasteiger partial charge >= 0.3 is 0 Å². The first-order valence-corrected chi connectivity index (χ1v) is 14.2. The minimum absolute atomic E-state index is 0.00833. The van der Waals surface area contributed by atoms with E-state index >= 15 is 0 Å². The lowest BCUT2D eigenvalue weighted by atomic mass is 10.0. The van der Waals surface area contributed by atoms with Crippen molar-refractivity contribution >= 4 is 33.2 Å². The normalized spacial score (nSPS) is 23.0. The van der Waals surface area contributed by atoms with Crippen LogP contribution in [-0.2, 0) is 9.47 Å². The molecule has 2 saturated heterocycles. The fraction of sp³-hybridized carbons (Fsp3) is 0.333. The number of rotatable bonds is 2. The first-order chi connectivity index (χ1) is 19.7. The summed E-state index contributed by atoms with van der Waals surface area (Å²) in [6.45, 7) is 6.56. The Morgan fingerprint density at radius 3 is 1.73 bits per heavy atom. The van der Waals surface area contributed by atoms with E-state index in [0.717, 1.165) is 80.1 Å². The van der Waals surface area contributed by atoms with Crippen molar-refractivity contribution in [3.05, 3.63) is 95.1 Å². The number of Topliss-reactive ketones (excluding diaryl/α,β-unsaturated/α-hetero) is 1. The van der Waals surface area contributed by atoms with Crippen LogP contribution in [0.15, 0.2) is 72.8 Å². The van der Waals surface area contributed by atoms with Gasteiger partial charge in [-0.15, -0.1) is 0 Å². The highest BCUT2D eigenvalue weighted by Crippen LogP contribution is 2.38. The molecule has 3 aliphatic heterocycles. The quantitative estimate of drug-likeness (QED) is 0.401. The largest absolute Gasteiger partial charge is 0.379 e. The molecular formula is C33H33N3O4. The molecule has 0 radical (unpaired) electrons. The number of hydrogen-bond acceptors (Lipinski definition) is 6. The Bertz CT molecular complexity index is 1470. The number of nitrogens with zero attached hydrogens (tertiary/aromatic N) is 2. The minimum Gasteiger partial charge on any atom is -0.379 e. The zero-order chi connectivity index (χ0) is 27.1. The topological polar surface area (TPSA) is 71.1 Å². The zero-order valence-corrected chi connectivity index (χ0v) is 22.5. The van der Waals surface area contributed by atoms with E-state index in [4.69, 9.17) is 9.47 Å². The molecule has 204 valence electrons. The second kappa shape index (κ2) is 10.7. The molecule has 3 heterocycles. The van der Waals surface area contributed by atoms with Crippen LogP contribution in [-0.4, -0.2) is 74.1 Å². The molecule has 2 unspecified atom stereocenters. The van der Waals surface area contributed by atoms with E-state index in [2.05, 4.69) is 57.6 Å². The lowest BCUT2D eigenvalue weighted by Gasteiger charge is -2.32. The van der Waals surface area contributed by atoms with Gasteiger partial charge in [0.1, 0.15) is 6.17 Å². The molecule has 0 aromatic heterocycles. The van der Waals surface area contributed by atoms with Crippen molar-refractivity contribution in [3.8, 4) is 0 Å². The van der Waals surface area contributed by atoms with Gasteiger partial charge in [-0.1, -0.05) is 48.5 Å². The summed E-state index contributed by atoms with van der Waals surface area (Å²) >= 11 is 0. The highest BCUT2D eigenvalue weighted by molar-refractivity contribution is 6.05. The molecule has 1 aliphatic carbocycles. The second-order valence-electron chi connectivity index (χ2n) is 10.9. The maximum Gasteiger partial charge on any atom is 0.253 e. The molecule has 1 N–H and O–H groups in total. The van der Waals surface area contributed by atoms with Crippen LogP contribution in [0, 0.1) is 0 Å². The van der Waals surface area contributed by atoms with Crippen LogP contribution in [0.1, 0.15) is 50.5 Å². The number of morpholine rings is 2. The van der Waals surface area contributed by atoms with Gasteiger partial charge in [0, 0.05) is 55.3 Å². The van der Waals surface area contributed by atoms with Crippen molar-refractivity contribution in [2.24, 2.45) is 0 Å². The summed E-state index contributed by atoms with van der Waals surface area (Å²) in [6, 6.07) is 25.1. The molecule has 7 nitrogen and oxygen atoms in total. The van der Waals surface area contributed by atoms with Gasteiger partial charge in [0.25, 0.3) is 5.91 Å². The van der Waals surface area contributed by atoms with Crippen molar-refractivity contribution in [1.82, 2.24) is 15.1 Å². The van der Waals surface area contributed by atoms with E-state index in [1.807, 2.05) is 30.3 Å². The Morgan fingerprint density at radius 2 is 1.12 bits per heavy atom. The molecule has 4 aromatic carbocycles. The molecule has 4 aromatic rings. The SMILES string of the molecule is O=C1CC(N2CCOCC2)c2cc3ccccc3cc21.O=C1NC(N2CCOCC2)c2cc3ccccc3cc21. The van der Waals surface area contributed by atoms with Gasteiger partial charge in [-0.3, -0.25) is 19.4 Å². The summed E-state index contributed by atoms with van der Waals surface area (Å²) in [5.74, 6) is 0.310. The lowest BCUT2D eigenvalue weighted by Crippen LogP contribution is -2.43. The van der Waals surface area contributed by atoms with Crippen LogP contribution in [0.3, 0.4) is 0 Å². The molecule has 0 bridgehead atoms. The maximum absolute atomic E-state index is 12.3. The summed E-state index contributed by atoms with van der Waals surface area (Å²) in [7, 11) is 0. The van der Waals surface area contributed by atoms with E-state index in [1.165, 1.54) is 16.3 Å². The lowest BCUT2D eigenvalue weighted by molar-refractivity contribution is 0.0111. The molecule has 40 heavy (non-hydrogen) atoms. The average molecular weight is 536 g/mol. The van der Waals surface area contributed by atoms with Gasteiger partial charge in [-0.25, -0.2) is 0 Å². The number of ketones is 1. The number of fused-ring (bicyclic) bond motifs is 4. The van der Waals surface area contributed by atoms with Crippen LogP contribution >= 0.6 is 0 Å². The van der Waals surface area contributed by atoms with Gasteiger partial charge in [0.05, 0.1) is 26.4 Å². The average Bonchev–Trinajstić information content (AvgIpc) is 3.51. The fourth-order valence-corrected chi connectivity index (χ4v) is 6.47. The predicted molar refractivity (Wildman–Crippen MR) is 155 cm³/mol. The summed E-state index contributed by atoms with van der Waals surface area (Å²) in [6.07, 6.45) is 0.608. The van der Waals surface area contributed by atoms with Crippen molar-refractivity contribution in [2.45, 2.75) is 18.6 Å². The number of ether oxygens (including phenoxy) is 2. The Kier molecular flexibility index (Phi) is 6.81. The molecule has 7 heteroatoms. The molecule has 1 amide bonds. The van der Waals surface area contributed by atoms with Gasteiger partial charge < -0.3 is 14.8 Å². The third kappa shape index (κ3) is 4.69. The molecule has 2 atom stereocenters. The smallest absolute Gasteiger partial charge is 0.253 e.